The third kappa shape index (κ3) is 3.08. The van der Waals surface area contributed by atoms with Gasteiger partial charge in [0.15, 0.2) is 0 Å². The molecule has 0 atom stereocenters. The smallest absolute Gasteiger partial charge is 0.255 e. The van der Waals surface area contributed by atoms with Gasteiger partial charge in [-0.2, -0.15) is 0 Å². The molecule has 25 heavy (non-hydrogen) atoms. The second-order valence-corrected chi connectivity index (χ2v) is 6.39. The number of aromatic amines is 2. The Bertz CT molecular complexity index is 967. The maximum Gasteiger partial charge on any atom is 0.255 e. The SMILES string of the molecule is O=C(Nc1c[nH]c(=O)c(-c2cccc3[nH]ccc23)c1)C1CCNCC1. The molecule has 6 heteroatoms. The number of H-pyrrole nitrogens is 2. The Balaban J connectivity index is 1.66. The minimum Gasteiger partial charge on any atom is -0.361 e. The predicted molar refractivity (Wildman–Crippen MR) is 98.6 cm³/mol. The second-order valence-electron chi connectivity index (χ2n) is 6.39. The van der Waals surface area contributed by atoms with Gasteiger partial charge < -0.3 is 20.6 Å². The summed E-state index contributed by atoms with van der Waals surface area (Å²) in [6.07, 6.45) is 5.09. The van der Waals surface area contributed by atoms with Gasteiger partial charge in [0.05, 0.1) is 5.69 Å². The Morgan fingerprint density at radius 3 is 2.76 bits per heavy atom. The Morgan fingerprint density at radius 2 is 1.92 bits per heavy atom. The molecule has 1 aliphatic rings. The molecule has 1 aromatic carbocycles. The average molecular weight is 336 g/mol. The van der Waals surface area contributed by atoms with E-state index in [-0.39, 0.29) is 17.4 Å². The van der Waals surface area contributed by atoms with Gasteiger partial charge in [0.25, 0.3) is 5.56 Å². The number of rotatable bonds is 3. The highest BCUT2D eigenvalue weighted by atomic mass is 16.2. The lowest BCUT2D eigenvalue weighted by atomic mass is 9.97. The molecule has 3 aromatic rings. The first kappa shape index (κ1) is 15.7. The number of amides is 1. The van der Waals surface area contributed by atoms with E-state index in [1.807, 2.05) is 30.5 Å². The quantitative estimate of drug-likeness (QED) is 0.592. The third-order valence-electron chi connectivity index (χ3n) is 4.77. The van der Waals surface area contributed by atoms with Crippen LogP contribution in [-0.4, -0.2) is 29.0 Å². The molecular formula is C19H20N4O2. The number of pyridine rings is 1. The van der Waals surface area contributed by atoms with Crippen molar-refractivity contribution in [2.75, 3.05) is 18.4 Å². The third-order valence-corrected chi connectivity index (χ3v) is 4.77. The van der Waals surface area contributed by atoms with Crippen molar-refractivity contribution in [1.29, 1.82) is 0 Å². The molecule has 128 valence electrons. The number of aromatic nitrogens is 2. The van der Waals surface area contributed by atoms with Crippen molar-refractivity contribution in [2.24, 2.45) is 5.92 Å². The topological polar surface area (TPSA) is 89.8 Å². The first-order valence-electron chi connectivity index (χ1n) is 8.53. The molecule has 0 aliphatic carbocycles. The van der Waals surface area contributed by atoms with Crippen LogP contribution in [0, 0.1) is 5.92 Å². The highest BCUT2D eigenvalue weighted by Gasteiger charge is 2.21. The average Bonchev–Trinajstić information content (AvgIpc) is 3.13. The zero-order valence-corrected chi connectivity index (χ0v) is 13.8. The van der Waals surface area contributed by atoms with E-state index in [1.165, 1.54) is 0 Å². The molecule has 0 unspecified atom stereocenters. The van der Waals surface area contributed by atoms with Crippen LogP contribution in [0.25, 0.3) is 22.0 Å². The van der Waals surface area contributed by atoms with Crippen LogP contribution in [0.2, 0.25) is 0 Å². The number of carbonyl (C=O) groups is 1. The molecule has 4 rings (SSSR count). The van der Waals surface area contributed by atoms with Gasteiger partial charge in [-0.05, 0) is 49.7 Å². The molecule has 0 saturated carbocycles. The highest BCUT2D eigenvalue weighted by molar-refractivity contribution is 5.97. The highest BCUT2D eigenvalue weighted by Crippen LogP contribution is 2.27. The number of carbonyl (C=O) groups excluding carboxylic acids is 1. The lowest BCUT2D eigenvalue weighted by Crippen LogP contribution is -2.34. The first-order chi connectivity index (χ1) is 12.2. The van der Waals surface area contributed by atoms with Crippen LogP contribution in [0.5, 0.6) is 0 Å². The van der Waals surface area contributed by atoms with Crippen molar-refractivity contribution in [2.45, 2.75) is 12.8 Å². The van der Waals surface area contributed by atoms with E-state index in [9.17, 15) is 9.59 Å². The summed E-state index contributed by atoms with van der Waals surface area (Å²) in [4.78, 5) is 30.7. The second kappa shape index (κ2) is 6.57. The molecule has 0 spiro atoms. The summed E-state index contributed by atoms with van der Waals surface area (Å²) in [6.45, 7) is 1.73. The molecule has 1 saturated heterocycles. The Hall–Kier alpha value is -2.86. The summed E-state index contributed by atoms with van der Waals surface area (Å²) < 4.78 is 0. The minimum atomic E-state index is -0.173. The summed E-state index contributed by atoms with van der Waals surface area (Å²) in [5.41, 5.74) is 2.81. The molecule has 0 radical (unpaired) electrons. The maximum atomic E-state index is 12.4. The van der Waals surface area contributed by atoms with Gasteiger partial charge in [0, 0.05) is 34.8 Å². The molecule has 1 amide bonds. The van der Waals surface area contributed by atoms with E-state index >= 15 is 0 Å². The number of piperidine rings is 1. The van der Waals surface area contributed by atoms with E-state index in [0.717, 1.165) is 42.4 Å². The van der Waals surface area contributed by atoms with Gasteiger partial charge in [0.1, 0.15) is 0 Å². The molecule has 1 aliphatic heterocycles. The zero-order valence-electron chi connectivity index (χ0n) is 13.8. The predicted octanol–water partition coefficient (Wildman–Crippen LogP) is 2.46. The lowest BCUT2D eigenvalue weighted by molar-refractivity contribution is -0.120. The van der Waals surface area contributed by atoms with Crippen LogP contribution in [-0.2, 0) is 4.79 Å². The Morgan fingerprint density at radius 1 is 1.08 bits per heavy atom. The maximum absolute atomic E-state index is 12.4. The fourth-order valence-electron chi connectivity index (χ4n) is 3.40. The van der Waals surface area contributed by atoms with Crippen LogP contribution in [0.4, 0.5) is 5.69 Å². The van der Waals surface area contributed by atoms with Gasteiger partial charge in [-0.3, -0.25) is 9.59 Å². The summed E-state index contributed by atoms with van der Waals surface area (Å²) in [7, 11) is 0. The van der Waals surface area contributed by atoms with Gasteiger partial charge in [-0.1, -0.05) is 12.1 Å². The molecule has 0 bridgehead atoms. The number of hydrogen-bond acceptors (Lipinski definition) is 3. The normalized spacial score (nSPS) is 15.4. The fraction of sp³-hybridized carbons (Fsp3) is 0.263. The van der Waals surface area contributed by atoms with E-state index in [4.69, 9.17) is 0 Å². The van der Waals surface area contributed by atoms with Gasteiger partial charge in [-0.25, -0.2) is 0 Å². The van der Waals surface area contributed by atoms with E-state index < -0.39 is 0 Å². The fourth-order valence-corrected chi connectivity index (χ4v) is 3.40. The van der Waals surface area contributed by atoms with Crippen LogP contribution < -0.4 is 16.2 Å². The first-order valence-corrected chi connectivity index (χ1v) is 8.53. The molecule has 2 aromatic heterocycles. The Labute approximate surface area is 144 Å². The largest absolute Gasteiger partial charge is 0.361 e. The number of fused-ring (bicyclic) bond motifs is 1. The van der Waals surface area contributed by atoms with Crippen molar-refractivity contribution in [1.82, 2.24) is 15.3 Å². The number of benzene rings is 1. The number of hydrogen-bond donors (Lipinski definition) is 4. The van der Waals surface area contributed by atoms with Crippen LogP contribution in [0.3, 0.4) is 0 Å². The summed E-state index contributed by atoms with van der Waals surface area (Å²) in [6, 6.07) is 9.49. The zero-order chi connectivity index (χ0) is 17.2. The molecule has 3 heterocycles. The number of anilines is 1. The molecule has 6 nitrogen and oxygen atoms in total. The van der Waals surface area contributed by atoms with Gasteiger partial charge in [0.2, 0.25) is 5.91 Å². The summed E-state index contributed by atoms with van der Waals surface area (Å²) >= 11 is 0. The van der Waals surface area contributed by atoms with Gasteiger partial charge in [-0.15, -0.1) is 0 Å². The van der Waals surface area contributed by atoms with E-state index in [0.29, 0.717) is 11.3 Å². The number of nitrogens with one attached hydrogen (secondary N) is 4. The van der Waals surface area contributed by atoms with Crippen molar-refractivity contribution in [3.63, 3.8) is 0 Å². The standard InChI is InChI=1S/C19H20N4O2/c24-18(12-4-7-20-8-5-12)23-13-10-16(19(25)22-11-13)14-2-1-3-17-15(14)6-9-21-17/h1-3,6,9-12,20-21H,4-5,7-8H2,(H,22,25)(H,23,24). The lowest BCUT2D eigenvalue weighted by Gasteiger charge is -2.21. The van der Waals surface area contributed by atoms with Crippen LogP contribution >= 0.6 is 0 Å². The van der Waals surface area contributed by atoms with E-state index in [1.54, 1.807) is 12.3 Å². The van der Waals surface area contributed by atoms with Crippen molar-refractivity contribution in [3.05, 3.63) is 53.1 Å². The summed E-state index contributed by atoms with van der Waals surface area (Å²) in [5.74, 6) is 0.0316. The molecular weight excluding hydrogens is 316 g/mol. The van der Waals surface area contributed by atoms with Crippen molar-refractivity contribution in [3.8, 4) is 11.1 Å². The van der Waals surface area contributed by atoms with Crippen LogP contribution in [0.1, 0.15) is 12.8 Å². The van der Waals surface area contributed by atoms with Gasteiger partial charge >= 0.3 is 0 Å². The van der Waals surface area contributed by atoms with Crippen LogP contribution in [0.15, 0.2) is 47.5 Å². The van der Waals surface area contributed by atoms with E-state index in [2.05, 4.69) is 20.6 Å². The van der Waals surface area contributed by atoms with Crippen molar-refractivity contribution < 1.29 is 4.79 Å². The van der Waals surface area contributed by atoms with Crippen molar-refractivity contribution >= 4 is 22.5 Å². The monoisotopic (exact) mass is 336 g/mol. The summed E-state index contributed by atoms with van der Waals surface area (Å²) in [5, 5.41) is 7.18. The Kier molecular flexibility index (Phi) is 4.11. The molecule has 4 N–H and O–H groups in total. The minimum absolute atomic E-state index is 0.0133. The molecule has 1 fully saturated rings.